The number of hydrogen-bond donors (Lipinski definition) is 1. The summed E-state index contributed by atoms with van der Waals surface area (Å²) in [6, 6.07) is 15.3. The molecule has 0 saturated carbocycles. The van der Waals surface area contributed by atoms with Gasteiger partial charge in [0.2, 0.25) is 0 Å². The van der Waals surface area contributed by atoms with Crippen molar-refractivity contribution in [3.05, 3.63) is 82.1 Å². The molecule has 0 aliphatic heterocycles. The maximum absolute atomic E-state index is 12.1. The number of halogens is 1. The van der Waals surface area contributed by atoms with E-state index < -0.39 is 11.9 Å². The van der Waals surface area contributed by atoms with E-state index in [2.05, 4.69) is 26.3 Å². The number of aromatic nitrogens is 2. The van der Waals surface area contributed by atoms with Crippen molar-refractivity contribution in [3.8, 4) is 0 Å². The van der Waals surface area contributed by atoms with Crippen LogP contribution < -0.4 is 5.32 Å². The van der Waals surface area contributed by atoms with Crippen LogP contribution in [0.5, 0.6) is 0 Å². The molecule has 1 amide bonds. The summed E-state index contributed by atoms with van der Waals surface area (Å²) in [4.78, 5) is 24.1. The van der Waals surface area contributed by atoms with Gasteiger partial charge in [0.25, 0.3) is 5.91 Å². The van der Waals surface area contributed by atoms with Crippen molar-refractivity contribution < 1.29 is 14.3 Å². The summed E-state index contributed by atoms with van der Waals surface area (Å²) in [5.74, 6) is -0.984. The normalized spacial score (nSPS) is 10.4. The molecule has 0 spiro atoms. The molecule has 6 nitrogen and oxygen atoms in total. The number of amides is 1. The van der Waals surface area contributed by atoms with Gasteiger partial charge in [0.15, 0.2) is 6.61 Å². The molecule has 138 valence electrons. The summed E-state index contributed by atoms with van der Waals surface area (Å²) in [6.07, 6.45) is 3.04. The first-order chi connectivity index (χ1) is 13.0. The predicted molar refractivity (Wildman–Crippen MR) is 106 cm³/mol. The van der Waals surface area contributed by atoms with Crippen LogP contribution in [0.25, 0.3) is 0 Å². The Labute approximate surface area is 165 Å². The zero-order chi connectivity index (χ0) is 19.2. The monoisotopic (exact) mass is 427 g/mol. The van der Waals surface area contributed by atoms with Crippen LogP contribution in [0.2, 0.25) is 0 Å². The number of benzene rings is 2. The number of nitrogens with one attached hydrogen (secondary N) is 1. The fourth-order valence-corrected chi connectivity index (χ4v) is 2.97. The molecule has 1 N–H and O–H groups in total. The fourth-order valence-electron chi connectivity index (χ4n) is 2.49. The zero-order valence-electron chi connectivity index (χ0n) is 14.7. The molecule has 0 fully saturated rings. The average molecular weight is 428 g/mol. The highest BCUT2D eigenvalue weighted by Crippen LogP contribution is 2.19. The molecule has 27 heavy (non-hydrogen) atoms. The van der Waals surface area contributed by atoms with Gasteiger partial charge in [-0.3, -0.25) is 9.48 Å². The van der Waals surface area contributed by atoms with Gasteiger partial charge in [0, 0.05) is 16.4 Å². The second-order valence-corrected chi connectivity index (χ2v) is 6.91. The smallest absolute Gasteiger partial charge is 0.341 e. The van der Waals surface area contributed by atoms with E-state index in [-0.39, 0.29) is 6.61 Å². The summed E-state index contributed by atoms with van der Waals surface area (Å²) >= 11 is 3.37. The van der Waals surface area contributed by atoms with Gasteiger partial charge in [-0.1, -0.05) is 46.3 Å². The van der Waals surface area contributed by atoms with Gasteiger partial charge in [-0.15, -0.1) is 0 Å². The minimum Gasteiger partial charge on any atom is -0.452 e. The molecule has 0 atom stereocenters. The molecule has 0 aliphatic rings. The van der Waals surface area contributed by atoms with Gasteiger partial charge in [-0.25, -0.2) is 4.79 Å². The van der Waals surface area contributed by atoms with Crippen LogP contribution in [-0.4, -0.2) is 28.3 Å². The minimum atomic E-state index is -0.586. The molecule has 3 rings (SSSR count). The number of anilines is 1. The van der Waals surface area contributed by atoms with E-state index in [4.69, 9.17) is 4.74 Å². The maximum atomic E-state index is 12.1. The van der Waals surface area contributed by atoms with Gasteiger partial charge in [0.1, 0.15) is 0 Å². The summed E-state index contributed by atoms with van der Waals surface area (Å²) in [5, 5.41) is 6.88. The summed E-state index contributed by atoms with van der Waals surface area (Å²) in [7, 11) is 0. The third kappa shape index (κ3) is 5.27. The molecule has 0 bridgehead atoms. The standard InChI is InChI=1S/C20H18BrN3O3/c1-14-9-17(21)7-8-18(14)23-19(25)13-27-20(26)16-10-22-24(12-16)11-15-5-3-2-4-6-15/h2-10,12H,11,13H2,1H3,(H,23,25). The number of ether oxygens (including phenoxy) is 1. The Bertz CT molecular complexity index is 954. The Morgan fingerprint density at radius 3 is 2.70 bits per heavy atom. The molecule has 1 heterocycles. The summed E-state index contributed by atoms with van der Waals surface area (Å²) in [6.45, 7) is 2.07. The summed E-state index contributed by atoms with van der Waals surface area (Å²) in [5.41, 5.74) is 2.96. The van der Waals surface area contributed by atoms with Crippen molar-refractivity contribution in [3.63, 3.8) is 0 Å². The van der Waals surface area contributed by atoms with E-state index in [9.17, 15) is 9.59 Å². The lowest BCUT2D eigenvalue weighted by molar-refractivity contribution is -0.119. The fraction of sp³-hybridized carbons (Fsp3) is 0.150. The number of carbonyl (C=O) groups is 2. The highest BCUT2D eigenvalue weighted by molar-refractivity contribution is 9.10. The van der Waals surface area contributed by atoms with E-state index in [0.29, 0.717) is 17.8 Å². The second-order valence-electron chi connectivity index (χ2n) is 6.00. The molecule has 3 aromatic rings. The van der Waals surface area contributed by atoms with Crippen LogP contribution >= 0.6 is 15.9 Å². The molecule has 0 unspecified atom stereocenters. The first-order valence-corrected chi connectivity index (χ1v) is 9.10. The first kappa shape index (κ1) is 18.8. The van der Waals surface area contributed by atoms with Crippen LogP contribution in [-0.2, 0) is 16.1 Å². The average Bonchev–Trinajstić information content (AvgIpc) is 3.11. The lowest BCUT2D eigenvalue weighted by atomic mass is 10.2. The van der Waals surface area contributed by atoms with E-state index in [1.165, 1.54) is 6.20 Å². The molecule has 2 aromatic carbocycles. The molecule has 7 heteroatoms. The molecular formula is C20H18BrN3O3. The van der Waals surface area contributed by atoms with Crippen molar-refractivity contribution in [2.24, 2.45) is 0 Å². The van der Waals surface area contributed by atoms with Crippen LogP contribution in [0.15, 0.2) is 65.4 Å². The first-order valence-electron chi connectivity index (χ1n) is 8.31. The highest BCUT2D eigenvalue weighted by atomic mass is 79.9. The van der Waals surface area contributed by atoms with Gasteiger partial charge < -0.3 is 10.1 Å². The number of nitrogens with zero attached hydrogens (tertiary/aromatic N) is 2. The van der Waals surface area contributed by atoms with Gasteiger partial charge >= 0.3 is 5.97 Å². The number of hydrogen-bond acceptors (Lipinski definition) is 4. The Morgan fingerprint density at radius 1 is 1.19 bits per heavy atom. The molecular weight excluding hydrogens is 410 g/mol. The molecule has 1 aromatic heterocycles. The van der Waals surface area contributed by atoms with E-state index in [0.717, 1.165) is 15.6 Å². The van der Waals surface area contributed by atoms with Gasteiger partial charge in [-0.05, 0) is 36.2 Å². The topological polar surface area (TPSA) is 73.2 Å². The van der Waals surface area contributed by atoms with Crippen LogP contribution in [0.1, 0.15) is 21.5 Å². The second kappa shape index (κ2) is 8.64. The summed E-state index contributed by atoms with van der Waals surface area (Å²) < 4.78 is 7.65. The largest absolute Gasteiger partial charge is 0.452 e. The van der Waals surface area contributed by atoms with Crippen molar-refractivity contribution in [2.45, 2.75) is 13.5 Å². The lowest BCUT2D eigenvalue weighted by Crippen LogP contribution is -2.21. The molecule has 0 saturated heterocycles. The number of rotatable bonds is 6. The van der Waals surface area contributed by atoms with Crippen molar-refractivity contribution in [2.75, 3.05) is 11.9 Å². The van der Waals surface area contributed by atoms with E-state index >= 15 is 0 Å². The van der Waals surface area contributed by atoms with Crippen molar-refractivity contribution in [1.82, 2.24) is 9.78 Å². The molecule has 0 radical (unpaired) electrons. The highest BCUT2D eigenvalue weighted by Gasteiger charge is 2.13. The Morgan fingerprint density at radius 2 is 1.96 bits per heavy atom. The predicted octanol–water partition coefficient (Wildman–Crippen LogP) is 3.80. The number of esters is 1. The minimum absolute atomic E-state index is 0.304. The molecule has 0 aliphatic carbocycles. The van der Waals surface area contributed by atoms with Gasteiger partial charge in [-0.2, -0.15) is 5.10 Å². The third-order valence-electron chi connectivity index (χ3n) is 3.85. The Balaban J connectivity index is 1.52. The van der Waals surface area contributed by atoms with Crippen LogP contribution in [0, 0.1) is 6.92 Å². The number of carbonyl (C=O) groups excluding carboxylic acids is 2. The van der Waals surface area contributed by atoms with E-state index in [1.807, 2.05) is 49.4 Å². The quantitative estimate of drug-likeness (QED) is 0.607. The Kier molecular flexibility index (Phi) is 6.03. The van der Waals surface area contributed by atoms with Gasteiger partial charge in [0.05, 0.1) is 18.3 Å². The van der Waals surface area contributed by atoms with Crippen molar-refractivity contribution >= 4 is 33.5 Å². The Hall–Kier alpha value is -2.93. The van der Waals surface area contributed by atoms with Crippen LogP contribution in [0.4, 0.5) is 5.69 Å². The van der Waals surface area contributed by atoms with Crippen molar-refractivity contribution in [1.29, 1.82) is 0 Å². The lowest BCUT2D eigenvalue weighted by Gasteiger charge is -2.09. The zero-order valence-corrected chi connectivity index (χ0v) is 16.3. The SMILES string of the molecule is Cc1cc(Br)ccc1NC(=O)COC(=O)c1cnn(Cc2ccccc2)c1. The van der Waals surface area contributed by atoms with E-state index in [1.54, 1.807) is 16.9 Å². The van der Waals surface area contributed by atoms with Crippen LogP contribution in [0.3, 0.4) is 0 Å². The third-order valence-corrected chi connectivity index (χ3v) is 4.35. The number of aryl methyl sites for hydroxylation is 1. The maximum Gasteiger partial charge on any atom is 0.341 e.